The number of piperidine rings is 1. The molecule has 0 aromatic heterocycles. The highest BCUT2D eigenvalue weighted by Gasteiger charge is 2.39. The quantitative estimate of drug-likeness (QED) is 0.826. The Morgan fingerprint density at radius 3 is 2.41 bits per heavy atom. The van der Waals surface area contributed by atoms with Crippen molar-refractivity contribution in [1.29, 1.82) is 0 Å². The third kappa shape index (κ3) is 3.50. The molecule has 1 aromatic carbocycles. The van der Waals surface area contributed by atoms with Crippen molar-refractivity contribution >= 4 is 29.1 Å². The molecule has 0 radical (unpaired) electrons. The summed E-state index contributed by atoms with van der Waals surface area (Å²) in [5.74, 6) is -0.409. The minimum Gasteiger partial charge on any atom is -0.385 e. The van der Waals surface area contributed by atoms with E-state index in [1.165, 1.54) is 11.0 Å². The summed E-state index contributed by atoms with van der Waals surface area (Å²) in [7, 11) is 0. The maximum absolute atomic E-state index is 12.9. The molecule has 0 unspecified atom stereocenters. The number of benzene rings is 1. The summed E-state index contributed by atoms with van der Waals surface area (Å²) in [5.41, 5.74) is -2.23. The summed E-state index contributed by atoms with van der Waals surface area (Å²) >= 11 is 11.0. The van der Waals surface area contributed by atoms with Gasteiger partial charge in [0.1, 0.15) is 5.88 Å². The van der Waals surface area contributed by atoms with Crippen LogP contribution in [0.5, 0.6) is 0 Å². The second kappa shape index (κ2) is 6.26. The molecular weight excluding hydrogens is 342 g/mol. The molecule has 1 heterocycles. The smallest absolute Gasteiger partial charge is 0.385 e. The molecule has 1 aromatic rings. The predicted molar refractivity (Wildman–Crippen MR) is 76.9 cm³/mol. The van der Waals surface area contributed by atoms with Crippen molar-refractivity contribution in [3.05, 3.63) is 34.3 Å². The van der Waals surface area contributed by atoms with E-state index in [0.29, 0.717) is 0 Å². The minimum absolute atomic E-state index is 0.147. The van der Waals surface area contributed by atoms with Crippen molar-refractivity contribution in [3.8, 4) is 0 Å². The van der Waals surface area contributed by atoms with Gasteiger partial charge in [0.2, 0.25) is 5.91 Å². The van der Waals surface area contributed by atoms with E-state index in [1.54, 1.807) is 0 Å². The average Bonchev–Trinajstić information content (AvgIpc) is 2.46. The van der Waals surface area contributed by atoms with Crippen molar-refractivity contribution in [2.75, 3.05) is 19.0 Å². The fourth-order valence-corrected chi connectivity index (χ4v) is 2.92. The predicted octanol–water partition coefficient (Wildman–Crippen LogP) is 3.41. The van der Waals surface area contributed by atoms with E-state index < -0.39 is 22.4 Å². The Hall–Kier alpha value is -0.980. The molecule has 3 nitrogen and oxygen atoms in total. The molecule has 1 N–H and O–H groups in total. The largest absolute Gasteiger partial charge is 0.417 e. The van der Waals surface area contributed by atoms with Crippen LogP contribution in [-0.4, -0.2) is 34.9 Å². The maximum atomic E-state index is 12.9. The number of hydrogen-bond donors (Lipinski definition) is 1. The highest BCUT2D eigenvalue weighted by atomic mass is 35.5. The standard InChI is InChI=1S/C14H14Cl2F3NO2/c15-8-12(21)20-5-3-13(22,4-6-20)9-1-2-11(16)10(7-9)14(17,18)19/h1-2,7,22H,3-6,8H2. The first-order valence-corrected chi connectivity index (χ1v) is 7.52. The van der Waals surface area contributed by atoms with Gasteiger partial charge in [0.15, 0.2) is 0 Å². The number of rotatable bonds is 2. The summed E-state index contributed by atoms with van der Waals surface area (Å²) in [6.07, 6.45) is -4.29. The Labute approximate surface area is 135 Å². The zero-order chi connectivity index (χ0) is 16.5. The molecule has 0 spiro atoms. The van der Waals surface area contributed by atoms with Gasteiger partial charge in [-0.05, 0) is 30.5 Å². The highest BCUT2D eigenvalue weighted by Crippen LogP contribution is 2.39. The molecule has 8 heteroatoms. The average molecular weight is 356 g/mol. The fraction of sp³-hybridized carbons (Fsp3) is 0.500. The van der Waals surface area contributed by atoms with Gasteiger partial charge in [-0.1, -0.05) is 17.7 Å². The number of carbonyl (C=O) groups excluding carboxylic acids is 1. The molecule has 1 saturated heterocycles. The van der Waals surface area contributed by atoms with Crippen molar-refractivity contribution < 1.29 is 23.1 Å². The van der Waals surface area contributed by atoms with Crippen LogP contribution in [0.1, 0.15) is 24.0 Å². The van der Waals surface area contributed by atoms with E-state index in [0.717, 1.165) is 12.1 Å². The summed E-state index contributed by atoms with van der Waals surface area (Å²) < 4.78 is 38.7. The Bertz CT molecular complexity index is 570. The van der Waals surface area contributed by atoms with E-state index in [1.807, 2.05) is 0 Å². The lowest BCUT2D eigenvalue weighted by molar-refractivity contribution is -0.137. The monoisotopic (exact) mass is 355 g/mol. The van der Waals surface area contributed by atoms with Crippen LogP contribution < -0.4 is 0 Å². The lowest BCUT2D eigenvalue weighted by Crippen LogP contribution is -2.45. The molecule has 122 valence electrons. The Morgan fingerprint density at radius 1 is 1.32 bits per heavy atom. The number of hydrogen-bond acceptors (Lipinski definition) is 2. The maximum Gasteiger partial charge on any atom is 0.417 e. The summed E-state index contributed by atoms with van der Waals surface area (Å²) in [4.78, 5) is 13.0. The molecule has 2 rings (SSSR count). The Morgan fingerprint density at radius 2 is 1.91 bits per heavy atom. The molecule has 22 heavy (non-hydrogen) atoms. The van der Waals surface area contributed by atoms with Crippen LogP contribution in [0, 0.1) is 0 Å². The van der Waals surface area contributed by atoms with E-state index in [2.05, 4.69) is 0 Å². The highest BCUT2D eigenvalue weighted by molar-refractivity contribution is 6.31. The van der Waals surface area contributed by atoms with Gasteiger partial charge in [0.25, 0.3) is 0 Å². The molecule has 1 aliphatic rings. The van der Waals surface area contributed by atoms with Crippen LogP contribution in [0.4, 0.5) is 13.2 Å². The molecule has 0 bridgehead atoms. The molecule has 1 aliphatic heterocycles. The van der Waals surface area contributed by atoms with E-state index in [9.17, 15) is 23.1 Å². The van der Waals surface area contributed by atoms with Crippen LogP contribution in [0.25, 0.3) is 0 Å². The molecule has 0 atom stereocenters. The number of carbonyl (C=O) groups is 1. The zero-order valence-electron chi connectivity index (χ0n) is 11.5. The number of likely N-dealkylation sites (tertiary alicyclic amines) is 1. The third-order valence-electron chi connectivity index (χ3n) is 3.87. The summed E-state index contributed by atoms with van der Waals surface area (Å²) in [6, 6.07) is 3.39. The van der Waals surface area contributed by atoms with E-state index >= 15 is 0 Å². The van der Waals surface area contributed by atoms with Gasteiger partial charge in [-0.15, -0.1) is 11.6 Å². The number of alkyl halides is 4. The van der Waals surface area contributed by atoms with Crippen molar-refractivity contribution in [1.82, 2.24) is 4.90 Å². The van der Waals surface area contributed by atoms with Crippen LogP contribution in [0.2, 0.25) is 5.02 Å². The number of halogens is 5. The first-order chi connectivity index (χ1) is 10.2. The van der Waals surface area contributed by atoms with Crippen LogP contribution in [-0.2, 0) is 16.6 Å². The van der Waals surface area contributed by atoms with Crippen molar-refractivity contribution in [2.24, 2.45) is 0 Å². The number of aliphatic hydroxyl groups is 1. The van der Waals surface area contributed by atoms with Crippen molar-refractivity contribution in [2.45, 2.75) is 24.6 Å². The van der Waals surface area contributed by atoms with Gasteiger partial charge in [-0.25, -0.2) is 0 Å². The van der Waals surface area contributed by atoms with Crippen LogP contribution in [0.15, 0.2) is 18.2 Å². The van der Waals surface area contributed by atoms with Gasteiger partial charge in [-0.3, -0.25) is 4.79 Å². The molecular formula is C14H14Cl2F3NO2. The molecule has 1 fully saturated rings. The molecule has 1 amide bonds. The summed E-state index contributed by atoms with van der Waals surface area (Å²) in [5, 5.41) is 10.2. The Balaban J connectivity index is 2.24. The van der Waals surface area contributed by atoms with Gasteiger partial charge in [0.05, 0.1) is 16.2 Å². The van der Waals surface area contributed by atoms with Gasteiger partial charge in [0, 0.05) is 13.1 Å². The first-order valence-electron chi connectivity index (χ1n) is 6.61. The summed E-state index contributed by atoms with van der Waals surface area (Å²) in [6.45, 7) is 0.484. The van der Waals surface area contributed by atoms with Crippen molar-refractivity contribution in [3.63, 3.8) is 0 Å². The van der Waals surface area contributed by atoms with E-state index in [4.69, 9.17) is 23.2 Å². The first kappa shape index (κ1) is 17.4. The van der Waals surface area contributed by atoms with Crippen LogP contribution >= 0.6 is 23.2 Å². The molecule has 0 aliphatic carbocycles. The lowest BCUT2D eigenvalue weighted by atomic mass is 9.83. The second-order valence-corrected chi connectivity index (χ2v) is 5.91. The third-order valence-corrected chi connectivity index (χ3v) is 4.42. The SMILES string of the molecule is O=C(CCl)N1CCC(O)(c2ccc(Cl)c(C(F)(F)F)c2)CC1. The molecule has 0 saturated carbocycles. The van der Waals surface area contributed by atoms with Crippen LogP contribution in [0.3, 0.4) is 0 Å². The number of nitrogens with zero attached hydrogens (tertiary/aromatic N) is 1. The topological polar surface area (TPSA) is 40.5 Å². The van der Waals surface area contributed by atoms with E-state index in [-0.39, 0.29) is 43.3 Å². The van der Waals surface area contributed by atoms with Gasteiger partial charge in [-0.2, -0.15) is 13.2 Å². The fourth-order valence-electron chi connectivity index (χ4n) is 2.53. The minimum atomic E-state index is -4.58. The lowest BCUT2D eigenvalue weighted by Gasteiger charge is -2.38. The van der Waals surface area contributed by atoms with Gasteiger partial charge >= 0.3 is 6.18 Å². The second-order valence-electron chi connectivity index (χ2n) is 5.24. The number of amides is 1. The zero-order valence-corrected chi connectivity index (χ0v) is 13.0. The van der Waals surface area contributed by atoms with Gasteiger partial charge < -0.3 is 10.0 Å². The Kier molecular flexibility index (Phi) is 4.94. The normalized spacial score (nSPS) is 18.4.